The van der Waals surface area contributed by atoms with E-state index in [4.69, 9.17) is 4.98 Å². The fraction of sp³-hybridized carbons (Fsp3) is 0.200. The fourth-order valence-corrected chi connectivity index (χ4v) is 3.69. The van der Waals surface area contributed by atoms with E-state index >= 15 is 0 Å². The number of para-hydroxylation sites is 1. The molecule has 1 amide bonds. The van der Waals surface area contributed by atoms with Gasteiger partial charge in [0.1, 0.15) is 5.82 Å². The van der Waals surface area contributed by atoms with E-state index in [9.17, 15) is 4.79 Å². The summed E-state index contributed by atoms with van der Waals surface area (Å²) >= 11 is 1.61. The van der Waals surface area contributed by atoms with Crippen molar-refractivity contribution in [3.63, 3.8) is 0 Å². The summed E-state index contributed by atoms with van der Waals surface area (Å²) in [5, 5.41) is 4.97. The number of carbonyl (C=O) groups excluding carboxylic acids is 1. The van der Waals surface area contributed by atoms with E-state index in [-0.39, 0.29) is 5.91 Å². The van der Waals surface area contributed by atoms with Gasteiger partial charge in [0.05, 0.1) is 11.4 Å². The lowest BCUT2D eigenvalue weighted by Crippen LogP contribution is -2.09. The summed E-state index contributed by atoms with van der Waals surface area (Å²) in [4.78, 5) is 18.1. The Labute approximate surface area is 150 Å². The number of rotatable bonds is 4. The number of benzene rings is 1. The summed E-state index contributed by atoms with van der Waals surface area (Å²) in [6.07, 6.45) is 8.93. The van der Waals surface area contributed by atoms with Gasteiger partial charge in [-0.2, -0.15) is 0 Å². The van der Waals surface area contributed by atoms with Crippen LogP contribution < -0.4 is 5.32 Å². The molecule has 0 saturated carbocycles. The quantitative estimate of drug-likeness (QED) is 0.700. The van der Waals surface area contributed by atoms with Crippen LogP contribution in [0.4, 0.5) is 5.69 Å². The van der Waals surface area contributed by atoms with Crippen molar-refractivity contribution in [1.29, 1.82) is 0 Å². The minimum Gasteiger partial charge on any atom is -0.334 e. The van der Waals surface area contributed by atoms with Crippen molar-refractivity contribution in [1.82, 2.24) is 9.55 Å². The highest BCUT2D eigenvalue weighted by molar-refractivity contribution is 7.10. The molecule has 126 valence electrons. The van der Waals surface area contributed by atoms with Crippen molar-refractivity contribution in [2.75, 3.05) is 5.32 Å². The third-order valence-electron chi connectivity index (χ3n) is 4.31. The van der Waals surface area contributed by atoms with E-state index in [1.54, 1.807) is 17.4 Å². The van der Waals surface area contributed by atoms with Crippen LogP contribution in [0.25, 0.3) is 17.3 Å². The molecule has 5 heteroatoms. The lowest BCUT2D eigenvalue weighted by molar-refractivity contribution is -0.111. The number of aromatic nitrogens is 2. The van der Waals surface area contributed by atoms with Crippen LogP contribution in [-0.4, -0.2) is 15.5 Å². The number of nitrogens with one attached hydrogen (secondary N) is 1. The monoisotopic (exact) mass is 349 g/mol. The molecule has 1 N–H and O–H groups in total. The maximum absolute atomic E-state index is 12.3. The van der Waals surface area contributed by atoms with Crippen molar-refractivity contribution in [2.24, 2.45) is 0 Å². The summed E-state index contributed by atoms with van der Waals surface area (Å²) in [6.45, 7) is 1.03. The third-order valence-corrected chi connectivity index (χ3v) is 5.15. The van der Waals surface area contributed by atoms with Crippen LogP contribution in [0.15, 0.2) is 54.1 Å². The number of anilines is 1. The van der Waals surface area contributed by atoms with E-state index in [1.807, 2.05) is 47.9 Å². The summed E-state index contributed by atoms with van der Waals surface area (Å²) in [5.74, 6) is 1.00. The molecule has 3 heterocycles. The van der Waals surface area contributed by atoms with Gasteiger partial charge in [0.2, 0.25) is 5.91 Å². The summed E-state index contributed by atoms with van der Waals surface area (Å²) in [7, 11) is 0. The highest BCUT2D eigenvalue weighted by atomic mass is 32.1. The van der Waals surface area contributed by atoms with Crippen LogP contribution in [0, 0.1) is 0 Å². The molecule has 0 atom stereocenters. The minimum absolute atomic E-state index is 0.134. The van der Waals surface area contributed by atoms with Crippen LogP contribution in [-0.2, 0) is 17.8 Å². The highest BCUT2D eigenvalue weighted by Crippen LogP contribution is 2.29. The molecule has 1 aromatic carbocycles. The zero-order valence-electron chi connectivity index (χ0n) is 13.8. The summed E-state index contributed by atoms with van der Waals surface area (Å²) < 4.78 is 2.23. The molecule has 0 fully saturated rings. The van der Waals surface area contributed by atoms with Gasteiger partial charge in [-0.1, -0.05) is 24.3 Å². The number of fused-ring (bicyclic) bond motifs is 1. The fourth-order valence-electron chi connectivity index (χ4n) is 3.08. The number of nitrogens with zero attached hydrogens (tertiary/aromatic N) is 2. The summed E-state index contributed by atoms with van der Waals surface area (Å²) in [6, 6.07) is 11.8. The molecule has 1 aliphatic rings. The number of hydrogen-bond donors (Lipinski definition) is 1. The van der Waals surface area contributed by atoms with Gasteiger partial charge in [-0.25, -0.2) is 4.98 Å². The maximum atomic E-state index is 12.3. The predicted octanol–water partition coefficient (Wildman–Crippen LogP) is 4.60. The van der Waals surface area contributed by atoms with Crippen molar-refractivity contribution in [3.8, 4) is 11.3 Å². The first-order chi connectivity index (χ1) is 12.3. The maximum Gasteiger partial charge on any atom is 0.248 e. The molecule has 1 aliphatic heterocycles. The normalized spacial score (nSPS) is 13.8. The molecule has 0 spiro atoms. The Morgan fingerprint density at radius 3 is 2.96 bits per heavy atom. The van der Waals surface area contributed by atoms with Crippen molar-refractivity contribution < 1.29 is 4.79 Å². The minimum atomic E-state index is -0.134. The third kappa shape index (κ3) is 3.56. The van der Waals surface area contributed by atoms with Crippen LogP contribution in [0.1, 0.15) is 23.5 Å². The van der Waals surface area contributed by atoms with Crippen LogP contribution in [0.3, 0.4) is 0 Å². The lowest BCUT2D eigenvalue weighted by atomic mass is 10.1. The molecule has 0 saturated heterocycles. The average Bonchev–Trinajstić information content (AvgIpc) is 3.30. The second-order valence-corrected chi connectivity index (χ2v) is 7.06. The summed E-state index contributed by atoms with van der Waals surface area (Å²) in [5.41, 5.74) is 2.68. The highest BCUT2D eigenvalue weighted by Gasteiger charge is 2.15. The van der Waals surface area contributed by atoms with Gasteiger partial charge in [-0.15, -0.1) is 11.3 Å². The molecule has 4 nitrogen and oxygen atoms in total. The smallest absolute Gasteiger partial charge is 0.248 e. The zero-order chi connectivity index (χ0) is 17.1. The molecule has 4 rings (SSSR count). The molecule has 0 radical (unpaired) electrons. The van der Waals surface area contributed by atoms with Gasteiger partial charge in [0.25, 0.3) is 0 Å². The van der Waals surface area contributed by atoms with Crippen LogP contribution >= 0.6 is 11.3 Å². The van der Waals surface area contributed by atoms with E-state index in [1.165, 1.54) is 12.8 Å². The topological polar surface area (TPSA) is 46.9 Å². The van der Waals surface area contributed by atoms with Gasteiger partial charge < -0.3 is 9.88 Å². The van der Waals surface area contributed by atoms with E-state index in [0.717, 1.165) is 40.6 Å². The number of carbonyl (C=O) groups is 1. The van der Waals surface area contributed by atoms with Gasteiger partial charge >= 0.3 is 0 Å². The van der Waals surface area contributed by atoms with Crippen LogP contribution in [0.5, 0.6) is 0 Å². The SMILES string of the molecule is O=C(/C=C/c1cccs1)Nc1ccccc1-c1cn2c(n1)CCCC2. The zero-order valence-corrected chi connectivity index (χ0v) is 14.6. The molecular formula is C20H19N3OS. The lowest BCUT2D eigenvalue weighted by Gasteiger charge is -2.11. The molecule has 0 unspecified atom stereocenters. The number of amides is 1. The van der Waals surface area contributed by atoms with Gasteiger partial charge in [-0.3, -0.25) is 4.79 Å². The Kier molecular flexibility index (Phi) is 4.48. The number of hydrogen-bond acceptors (Lipinski definition) is 3. The van der Waals surface area contributed by atoms with Gasteiger partial charge in [0, 0.05) is 35.7 Å². The molecule has 2 aromatic heterocycles. The molecular weight excluding hydrogens is 330 g/mol. The standard InChI is InChI=1S/C20H19N3OS/c24-20(11-10-15-6-5-13-25-15)22-17-8-2-1-7-16(17)18-14-23-12-4-3-9-19(23)21-18/h1-2,5-8,10-11,13-14H,3-4,9,12H2,(H,22,24)/b11-10+. The number of thiophene rings is 1. The molecule has 0 aliphatic carbocycles. The largest absolute Gasteiger partial charge is 0.334 e. The Morgan fingerprint density at radius 2 is 2.12 bits per heavy atom. The Bertz CT molecular complexity index is 885. The molecule has 3 aromatic rings. The van der Waals surface area contributed by atoms with Crippen molar-refractivity contribution >= 4 is 29.0 Å². The van der Waals surface area contributed by atoms with E-state index < -0.39 is 0 Å². The van der Waals surface area contributed by atoms with Crippen molar-refractivity contribution in [2.45, 2.75) is 25.8 Å². The molecule has 25 heavy (non-hydrogen) atoms. The van der Waals surface area contributed by atoms with Gasteiger partial charge in [0.15, 0.2) is 0 Å². The Morgan fingerprint density at radius 1 is 1.20 bits per heavy atom. The van der Waals surface area contributed by atoms with E-state index in [2.05, 4.69) is 16.1 Å². The second kappa shape index (κ2) is 7.07. The van der Waals surface area contributed by atoms with Crippen molar-refractivity contribution in [3.05, 3.63) is 64.8 Å². The number of aryl methyl sites for hydroxylation is 2. The first kappa shape index (κ1) is 15.8. The molecule has 0 bridgehead atoms. The predicted molar refractivity (Wildman–Crippen MR) is 103 cm³/mol. The Hall–Kier alpha value is -2.66. The number of imidazole rings is 1. The van der Waals surface area contributed by atoms with E-state index in [0.29, 0.717) is 0 Å². The van der Waals surface area contributed by atoms with Crippen LogP contribution in [0.2, 0.25) is 0 Å². The Balaban J connectivity index is 1.56. The van der Waals surface area contributed by atoms with Gasteiger partial charge in [-0.05, 0) is 36.4 Å². The second-order valence-electron chi connectivity index (χ2n) is 6.08. The average molecular weight is 349 g/mol. The first-order valence-corrected chi connectivity index (χ1v) is 9.35. The first-order valence-electron chi connectivity index (χ1n) is 8.47.